The van der Waals surface area contributed by atoms with Crippen molar-refractivity contribution >= 4 is 20.8 Å². The summed E-state index contributed by atoms with van der Waals surface area (Å²) in [5.74, 6) is 0. The van der Waals surface area contributed by atoms with Crippen LogP contribution in [0.5, 0.6) is 0 Å². The highest BCUT2D eigenvalue weighted by Gasteiger charge is 2.16. The number of pyridine rings is 1. The Kier molecular flexibility index (Phi) is 4.69. The van der Waals surface area contributed by atoms with E-state index in [0.29, 0.717) is 29.4 Å². The molecule has 2 N–H and O–H groups in total. The van der Waals surface area contributed by atoms with Crippen molar-refractivity contribution in [3.63, 3.8) is 0 Å². The molecule has 0 spiro atoms. The first-order valence-electron chi connectivity index (χ1n) is 6.56. The molecule has 1 aromatic carbocycles. The number of aromatic nitrogens is 1. The van der Waals surface area contributed by atoms with Crippen molar-refractivity contribution in [1.82, 2.24) is 15.0 Å². The highest BCUT2D eigenvalue weighted by molar-refractivity contribution is 7.89. The zero-order valence-corrected chi connectivity index (χ0v) is 12.4. The molecule has 0 saturated carbocycles. The van der Waals surface area contributed by atoms with Gasteiger partial charge in [-0.2, -0.15) is 0 Å². The molecule has 0 fully saturated rings. The summed E-state index contributed by atoms with van der Waals surface area (Å²) in [5.41, 5.74) is 0. The number of hydrogen-bond donors (Lipinski definition) is 2. The van der Waals surface area contributed by atoms with E-state index in [1.807, 2.05) is 19.9 Å². The first kappa shape index (κ1) is 14.9. The monoisotopic (exact) mass is 293 g/mol. The summed E-state index contributed by atoms with van der Waals surface area (Å²) >= 11 is 0. The highest BCUT2D eigenvalue weighted by atomic mass is 32.2. The van der Waals surface area contributed by atoms with Gasteiger partial charge in [0.15, 0.2) is 0 Å². The van der Waals surface area contributed by atoms with Crippen LogP contribution in [0.3, 0.4) is 0 Å². The predicted octanol–water partition coefficient (Wildman–Crippen LogP) is 1.51. The molecule has 0 radical (unpaired) electrons. The van der Waals surface area contributed by atoms with Gasteiger partial charge in [0, 0.05) is 42.3 Å². The summed E-state index contributed by atoms with van der Waals surface area (Å²) < 4.78 is 27.3. The minimum atomic E-state index is -3.50. The third-order valence-corrected chi connectivity index (χ3v) is 4.42. The molecule has 20 heavy (non-hydrogen) atoms. The molecule has 0 bridgehead atoms. The van der Waals surface area contributed by atoms with E-state index in [0.717, 1.165) is 5.39 Å². The van der Waals surface area contributed by atoms with Gasteiger partial charge in [-0.25, -0.2) is 13.1 Å². The molecule has 2 rings (SSSR count). The molecule has 108 valence electrons. The largest absolute Gasteiger partial charge is 0.313 e. The smallest absolute Gasteiger partial charge is 0.241 e. The van der Waals surface area contributed by atoms with Gasteiger partial charge in [-0.05, 0) is 12.1 Å². The second kappa shape index (κ2) is 6.30. The molecule has 0 unspecified atom stereocenters. The summed E-state index contributed by atoms with van der Waals surface area (Å²) in [6, 6.07) is 7.24. The molecule has 0 saturated heterocycles. The highest BCUT2D eigenvalue weighted by Crippen LogP contribution is 2.21. The van der Waals surface area contributed by atoms with Crippen LogP contribution in [0.15, 0.2) is 41.6 Å². The maximum Gasteiger partial charge on any atom is 0.241 e. The number of nitrogens with one attached hydrogen (secondary N) is 2. The normalized spacial score (nSPS) is 12.2. The second-order valence-corrected chi connectivity index (χ2v) is 6.59. The lowest BCUT2D eigenvalue weighted by Crippen LogP contribution is -2.34. The Morgan fingerprint density at radius 3 is 2.75 bits per heavy atom. The molecule has 0 aliphatic rings. The minimum Gasteiger partial charge on any atom is -0.313 e. The predicted molar refractivity (Wildman–Crippen MR) is 80.1 cm³/mol. The Morgan fingerprint density at radius 2 is 2.00 bits per heavy atom. The Morgan fingerprint density at radius 1 is 1.20 bits per heavy atom. The first-order chi connectivity index (χ1) is 9.50. The number of hydrogen-bond acceptors (Lipinski definition) is 4. The molecule has 2 aromatic rings. The quantitative estimate of drug-likeness (QED) is 0.792. The van der Waals surface area contributed by atoms with Gasteiger partial charge in [-0.15, -0.1) is 0 Å². The number of nitrogens with zero attached hydrogens (tertiary/aromatic N) is 1. The summed E-state index contributed by atoms with van der Waals surface area (Å²) in [6.07, 6.45) is 3.26. The fraction of sp³-hybridized carbons (Fsp3) is 0.357. The lowest BCUT2D eigenvalue weighted by Gasteiger charge is -2.11. The fourth-order valence-corrected chi connectivity index (χ4v) is 3.21. The molecule has 5 nitrogen and oxygen atoms in total. The molecular formula is C14H19N3O2S. The lowest BCUT2D eigenvalue weighted by atomic mass is 10.2. The van der Waals surface area contributed by atoms with E-state index in [-0.39, 0.29) is 0 Å². The molecule has 0 atom stereocenters. The standard InChI is InChI=1S/C14H19N3O2S/c1-11(2)16-8-9-17-20(18,19)14-5-3-4-12-10-15-7-6-13(12)14/h3-7,10-11,16-17H,8-9H2,1-2H3. The van der Waals surface area contributed by atoms with Crippen molar-refractivity contribution in [3.05, 3.63) is 36.7 Å². The van der Waals surface area contributed by atoms with Crippen molar-refractivity contribution in [2.24, 2.45) is 0 Å². The first-order valence-corrected chi connectivity index (χ1v) is 8.05. The van der Waals surface area contributed by atoms with E-state index in [1.54, 1.807) is 30.6 Å². The van der Waals surface area contributed by atoms with E-state index in [2.05, 4.69) is 15.0 Å². The van der Waals surface area contributed by atoms with Gasteiger partial charge < -0.3 is 5.32 Å². The zero-order chi connectivity index (χ0) is 14.6. The van der Waals surface area contributed by atoms with Crippen LogP contribution >= 0.6 is 0 Å². The summed E-state index contributed by atoms with van der Waals surface area (Å²) in [6.45, 7) is 5.00. The van der Waals surface area contributed by atoms with Crippen LogP contribution in [0.2, 0.25) is 0 Å². The topological polar surface area (TPSA) is 71.1 Å². The Bertz CT molecular complexity index is 678. The Hall–Kier alpha value is -1.50. The van der Waals surface area contributed by atoms with Crippen molar-refractivity contribution in [1.29, 1.82) is 0 Å². The van der Waals surface area contributed by atoms with Crippen molar-refractivity contribution in [2.45, 2.75) is 24.8 Å². The Labute approximate surface area is 119 Å². The maximum atomic E-state index is 12.3. The van der Waals surface area contributed by atoms with Crippen molar-refractivity contribution < 1.29 is 8.42 Å². The average Bonchev–Trinajstić information content (AvgIpc) is 2.43. The SMILES string of the molecule is CC(C)NCCNS(=O)(=O)c1cccc2cnccc12. The van der Waals surface area contributed by atoms with Gasteiger partial charge in [0.25, 0.3) is 0 Å². The van der Waals surface area contributed by atoms with E-state index < -0.39 is 10.0 Å². The number of fused-ring (bicyclic) bond motifs is 1. The lowest BCUT2D eigenvalue weighted by molar-refractivity contribution is 0.560. The third-order valence-electron chi connectivity index (χ3n) is 2.90. The van der Waals surface area contributed by atoms with Crippen LogP contribution in [-0.2, 0) is 10.0 Å². The number of rotatable bonds is 6. The van der Waals surface area contributed by atoms with Crippen molar-refractivity contribution in [2.75, 3.05) is 13.1 Å². The van der Waals surface area contributed by atoms with Crippen molar-refractivity contribution in [3.8, 4) is 0 Å². The van der Waals surface area contributed by atoms with Crippen LogP contribution in [0.25, 0.3) is 10.8 Å². The molecule has 0 aliphatic heterocycles. The van der Waals surface area contributed by atoms with Gasteiger partial charge in [-0.1, -0.05) is 26.0 Å². The van der Waals surface area contributed by atoms with E-state index >= 15 is 0 Å². The van der Waals surface area contributed by atoms with E-state index in [9.17, 15) is 8.42 Å². The molecule has 1 heterocycles. The van der Waals surface area contributed by atoms with Gasteiger partial charge in [0.05, 0.1) is 4.90 Å². The summed E-state index contributed by atoms with van der Waals surface area (Å²) in [7, 11) is -3.50. The summed E-state index contributed by atoms with van der Waals surface area (Å²) in [5, 5.41) is 4.67. The molecule has 6 heteroatoms. The molecular weight excluding hydrogens is 274 g/mol. The van der Waals surface area contributed by atoms with Crippen LogP contribution in [-0.4, -0.2) is 32.5 Å². The summed E-state index contributed by atoms with van der Waals surface area (Å²) in [4.78, 5) is 4.30. The average molecular weight is 293 g/mol. The minimum absolute atomic E-state index is 0.293. The molecule has 0 aliphatic carbocycles. The Balaban J connectivity index is 2.19. The van der Waals surface area contributed by atoms with E-state index in [4.69, 9.17) is 0 Å². The van der Waals surface area contributed by atoms with Crippen LogP contribution in [0.1, 0.15) is 13.8 Å². The third kappa shape index (κ3) is 3.53. The molecule has 0 amide bonds. The van der Waals surface area contributed by atoms with Crippen LogP contribution in [0.4, 0.5) is 0 Å². The molecule has 1 aromatic heterocycles. The zero-order valence-electron chi connectivity index (χ0n) is 11.6. The van der Waals surface area contributed by atoms with Gasteiger partial charge >= 0.3 is 0 Å². The van der Waals surface area contributed by atoms with Gasteiger partial charge in [0.1, 0.15) is 0 Å². The maximum absolute atomic E-state index is 12.3. The van der Waals surface area contributed by atoms with E-state index in [1.165, 1.54) is 0 Å². The second-order valence-electron chi connectivity index (χ2n) is 4.86. The van der Waals surface area contributed by atoms with Gasteiger partial charge in [0.2, 0.25) is 10.0 Å². The number of sulfonamides is 1. The van der Waals surface area contributed by atoms with Gasteiger partial charge in [-0.3, -0.25) is 4.98 Å². The van der Waals surface area contributed by atoms with Crippen LogP contribution in [0, 0.1) is 0 Å². The van der Waals surface area contributed by atoms with Crippen LogP contribution < -0.4 is 10.0 Å². The fourth-order valence-electron chi connectivity index (χ4n) is 1.95. The number of benzene rings is 1.